The van der Waals surface area contributed by atoms with Gasteiger partial charge < -0.3 is 14.9 Å². The number of nitrogens with one attached hydrogen (secondary N) is 1. The van der Waals surface area contributed by atoms with Crippen LogP contribution >= 0.6 is 34.4 Å². The molecule has 18 heavy (non-hydrogen) atoms. The van der Waals surface area contributed by atoms with Crippen molar-refractivity contribution in [3.63, 3.8) is 0 Å². The number of benzene rings is 1. The van der Waals surface area contributed by atoms with Crippen molar-refractivity contribution in [2.45, 2.75) is 11.4 Å². The Morgan fingerprint density at radius 3 is 2.89 bits per heavy atom. The van der Waals surface area contributed by atoms with Gasteiger partial charge in [0.2, 0.25) is 0 Å². The quantitative estimate of drug-likeness (QED) is 0.694. The maximum absolute atomic E-state index is 10.9. The normalized spacial score (nSPS) is 23.0. The van der Waals surface area contributed by atoms with E-state index < -0.39 is 12.0 Å². The van der Waals surface area contributed by atoms with E-state index in [0.29, 0.717) is 15.1 Å². The number of carboxylic acids is 1. The van der Waals surface area contributed by atoms with Gasteiger partial charge >= 0.3 is 5.97 Å². The number of phenolic OH excluding ortho intramolecular Hbond substituents is 1. The summed E-state index contributed by atoms with van der Waals surface area (Å²) in [6.07, 6.45) is 0. The Kier molecular flexibility index (Phi) is 4.23. The zero-order valence-corrected chi connectivity index (χ0v) is 12.5. The lowest BCUT2D eigenvalue weighted by molar-refractivity contribution is -0.138. The summed E-state index contributed by atoms with van der Waals surface area (Å²) in [6, 6.07) is 3.03. The maximum atomic E-state index is 10.9. The highest BCUT2D eigenvalue weighted by Crippen LogP contribution is 2.39. The van der Waals surface area contributed by atoms with Crippen molar-refractivity contribution in [2.75, 3.05) is 12.9 Å². The second kappa shape index (κ2) is 5.54. The van der Waals surface area contributed by atoms with Crippen LogP contribution in [0.5, 0.6) is 11.5 Å². The van der Waals surface area contributed by atoms with E-state index in [0.717, 1.165) is 5.56 Å². The van der Waals surface area contributed by atoms with Crippen LogP contribution in [0.1, 0.15) is 10.9 Å². The van der Waals surface area contributed by atoms with E-state index in [1.807, 2.05) is 28.7 Å². The molecule has 0 saturated carbocycles. The predicted octanol–water partition coefficient (Wildman–Crippen LogP) is 1.79. The summed E-state index contributed by atoms with van der Waals surface area (Å²) in [5, 5.41) is 21.6. The summed E-state index contributed by atoms with van der Waals surface area (Å²) in [4.78, 5) is 10.9. The number of aromatic hydroxyl groups is 1. The SMILES string of the molecule is COc1cc([C@H]2N[C@@H](C(=O)O)CS2)cc(I)c1O. The number of aliphatic carboxylic acids is 1. The summed E-state index contributed by atoms with van der Waals surface area (Å²) >= 11 is 3.55. The summed E-state index contributed by atoms with van der Waals surface area (Å²) in [5.74, 6) is 0.197. The van der Waals surface area contributed by atoms with Crippen molar-refractivity contribution in [3.8, 4) is 11.5 Å². The Labute approximate surface area is 122 Å². The first-order valence-electron chi connectivity index (χ1n) is 5.19. The van der Waals surface area contributed by atoms with Gasteiger partial charge in [-0.15, -0.1) is 11.8 Å². The number of halogens is 1. The van der Waals surface area contributed by atoms with Gasteiger partial charge in [0.05, 0.1) is 16.1 Å². The Balaban J connectivity index is 2.25. The number of rotatable bonds is 3. The number of methoxy groups -OCH3 is 1. The Morgan fingerprint density at radius 2 is 2.33 bits per heavy atom. The minimum atomic E-state index is -0.842. The molecule has 1 aliphatic rings. The van der Waals surface area contributed by atoms with E-state index >= 15 is 0 Å². The second-order valence-electron chi connectivity index (χ2n) is 3.82. The van der Waals surface area contributed by atoms with Gasteiger partial charge in [-0.2, -0.15) is 0 Å². The highest BCUT2D eigenvalue weighted by atomic mass is 127. The van der Waals surface area contributed by atoms with E-state index in [2.05, 4.69) is 5.32 Å². The monoisotopic (exact) mass is 381 g/mol. The lowest BCUT2D eigenvalue weighted by atomic mass is 10.2. The molecule has 0 aliphatic carbocycles. The largest absolute Gasteiger partial charge is 0.504 e. The van der Waals surface area contributed by atoms with Crippen molar-refractivity contribution < 1.29 is 19.7 Å². The number of carboxylic acid groups (broad SMARTS) is 1. The first-order valence-corrected chi connectivity index (χ1v) is 7.32. The number of hydrogen-bond acceptors (Lipinski definition) is 5. The summed E-state index contributed by atoms with van der Waals surface area (Å²) < 4.78 is 5.78. The fraction of sp³-hybridized carbons (Fsp3) is 0.364. The lowest BCUT2D eigenvalue weighted by Crippen LogP contribution is -2.33. The molecule has 7 heteroatoms. The van der Waals surface area contributed by atoms with Gasteiger partial charge in [-0.3, -0.25) is 10.1 Å². The lowest BCUT2D eigenvalue weighted by Gasteiger charge is -2.14. The molecule has 1 aromatic rings. The minimum Gasteiger partial charge on any atom is -0.504 e. The second-order valence-corrected chi connectivity index (χ2v) is 6.12. The molecule has 0 bridgehead atoms. The average molecular weight is 381 g/mol. The van der Waals surface area contributed by atoms with Crippen LogP contribution in [0.3, 0.4) is 0 Å². The highest BCUT2D eigenvalue weighted by molar-refractivity contribution is 14.1. The van der Waals surface area contributed by atoms with Gasteiger partial charge in [0.25, 0.3) is 0 Å². The fourth-order valence-electron chi connectivity index (χ4n) is 1.71. The molecule has 5 nitrogen and oxygen atoms in total. The Hall–Kier alpha value is -0.670. The van der Waals surface area contributed by atoms with Crippen molar-refractivity contribution in [1.29, 1.82) is 0 Å². The number of phenols is 1. The average Bonchev–Trinajstić information content (AvgIpc) is 2.82. The fourth-order valence-corrected chi connectivity index (χ4v) is 3.55. The van der Waals surface area contributed by atoms with E-state index in [1.165, 1.54) is 18.9 Å². The number of ether oxygens (including phenoxy) is 1. The van der Waals surface area contributed by atoms with Crippen LogP contribution in [0.25, 0.3) is 0 Å². The molecular formula is C11H12INO4S. The minimum absolute atomic E-state index is 0.0888. The first-order chi connectivity index (χ1) is 8.52. The predicted molar refractivity (Wildman–Crippen MR) is 77.1 cm³/mol. The van der Waals surface area contributed by atoms with Crippen LogP contribution in [0, 0.1) is 3.57 Å². The summed E-state index contributed by atoms with van der Waals surface area (Å²) in [7, 11) is 1.49. The van der Waals surface area contributed by atoms with Crippen molar-refractivity contribution in [1.82, 2.24) is 5.32 Å². The zero-order chi connectivity index (χ0) is 13.3. The van der Waals surface area contributed by atoms with E-state index in [4.69, 9.17) is 9.84 Å². The van der Waals surface area contributed by atoms with Crippen LogP contribution in [-0.2, 0) is 4.79 Å². The molecule has 0 amide bonds. The molecule has 0 spiro atoms. The molecule has 98 valence electrons. The zero-order valence-electron chi connectivity index (χ0n) is 9.51. The molecule has 1 fully saturated rings. The van der Waals surface area contributed by atoms with Gasteiger partial charge in [0.15, 0.2) is 11.5 Å². The van der Waals surface area contributed by atoms with Crippen molar-refractivity contribution >= 4 is 40.3 Å². The third-order valence-corrected chi connectivity index (χ3v) is 4.74. The van der Waals surface area contributed by atoms with Crippen molar-refractivity contribution in [2.24, 2.45) is 0 Å². The van der Waals surface area contributed by atoms with E-state index in [1.54, 1.807) is 6.07 Å². The molecule has 3 N–H and O–H groups in total. The highest BCUT2D eigenvalue weighted by Gasteiger charge is 2.31. The molecule has 1 saturated heterocycles. The summed E-state index contributed by atoms with van der Waals surface area (Å²) in [5.41, 5.74) is 0.905. The Morgan fingerprint density at radius 1 is 1.61 bits per heavy atom. The molecule has 2 rings (SSSR count). The van der Waals surface area contributed by atoms with Crippen LogP contribution < -0.4 is 10.1 Å². The van der Waals surface area contributed by atoms with Crippen LogP contribution in [0.4, 0.5) is 0 Å². The van der Waals surface area contributed by atoms with E-state index in [9.17, 15) is 9.90 Å². The molecule has 0 aromatic heterocycles. The standard InChI is InChI=1S/C11H12INO4S/c1-17-8-3-5(2-6(12)9(8)14)10-13-7(4-18-10)11(15)16/h2-3,7,10,13-14H,4H2,1H3,(H,15,16)/t7-,10+/m1/s1. The topological polar surface area (TPSA) is 78.8 Å². The van der Waals surface area contributed by atoms with Gasteiger partial charge in [0, 0.05) is 5.75 Å². The number of carbonyl (C=O) groups is 1. The van der Waals surface area contributed by atoms with Gasteiger partial charge in [-0.1, -0.05) is 0 Å². The molecule has 0 unspecified atom stereocenters. The maximum Gasteiger partial charge on any atom is 0.321 e. The molecule has 1 heterocycles. The first kappa shape index (κ1) is 13.8. The molecule has 0 radical (unpaired) electrons. The molecular weight excluding hydrogens is 369 g/mol. The molecule has 1 aliphatic heterocycles. The summed E-state index contributed by atoms with van der Waals surface area (Å²) in [6.45, 7) is 0. The molecule has 2 atom stereocenters. The Bertz CT molecular complexity index is 482. The van der Waals surface area contributed by atoms with E-state index in [-0.39, 0.29) is 11.1 Å². The van der Waals surface area contributed by atoms with Crippen LogP contribution in [-0.4, -0.2) is 35.1 Å². The van der Waals surface area contributed by atoms with Crippen LogP contribution in [0.2, 0.25) is 0 Å². The smallest absolute Gasteiger partial charge is 0.321 e. The number of hydrogen-bond donors (Lipinski definition) is 3. The third kappa shape index (κ3) is 2.67. The van der Waals surface area contributed by atoms with Crippen molar-refractivity contribution in [3.05, 3.63) is 21.3 Å². The van der Waals surface area contributed by atoms with Gasteiger partial charge in [-0.05, 0) is 40.3 Å². The number of thioether (sulfide) groups is 1. The third-order valence-electron chi connectivity index (χ3n) is 2.65. The van der Waals surface area contributed by atoms with Crippen LogP contribution in [0.15, 0.2) is 12.1 Å². The van der Waals surface area contributed by atoms with Gasteiger partial charge in [-0.25, -0.2) is 0 Å². The van der Waals surface area contributed by atoms with Gasteiger partial charge in [0.1, 0.15) is 6.04 Å². The molecule has 1 aromatic carbocycles.